The van der Waals surface area contributed by atoms with Crippen LogP contribution in [-0.2, 0) is 6.42 Å². The lowest BCUT2D eigenvalue weighted by Crippen LogP contribution is -2.47. The van der Waals surface area contributed by atoms with Gasteiger partial charge >= 0.3 is 0 Å². The van der Waals surface area contributed by atoms with Gasteiger partial charge in [0.2, 0.25) is 0 Å². The zero-order valence-electron chi connectivity index (χ0n) is 9.54. The molecular weight excluding hydrogens is 202 g/mol. The Bertz CT molecular complexity index is 368. The SMILES string of the molecule is OC1(CNC2CCCc3occc32)CCC1. The number of hydrogen-bond acceptors (Lipinski definition) is 3. The maximum absolute atomic E-state index is 10.1. The average molecular weight is 221 g/mol. The van der Waals surface area contributed by atoms with E-state index in [9.17, 15) is 5.11 Å². The molecule has 0 bridgehead atoms. The fraction of sp³-hybridized carbons (Fsp3) is 0.692. The van der Waals surface area contributed by atoms with Crippen molar-refractivity contribution in [3.05, 3.63) is 23.7 Å². The van der Waals surface area contributed by atoms with Gasteiger partial charge in [0, 0.05) is 24.6 Å². The topological polar surface area (TPSA) is 45.4 Å². The van der Waals surface area contributed by atoms with Crippen molar-refractivity contribution in [2.75, 3.05) is 6.54 Å². The molecule has 0 spiro atoms. The Morgan fingerprint density at radius 2 is 2.31 bits per heavy atom. The maximum Gasteiger partial charge on any atom is 0.108 e. The molecule has 1 fully saturated rings. The summed E-state index contributed by atoms with van der Waals surface area (Å²) in [6, 6.07) is 2.45. The number of rotatable bonds is 3. The number of aliphatic hydroxyl groups is 1. The summed E-state index contributed by atoms with van der Waals surface area (Å²) < 4.78 is 5.46. The van der Waals surface area contributed by atoms with Gasteiger partial charge in [-0.25, -0.2) is 0 Å². The van der Waals surface area contributed by atoms with Crippen LogP contribution in [0.3, 0.4) is 0 Å². The molecule has 0 radical (unpaired) electrons. The third-order valence-corrected chi connectivity index (χ3v) is 4.01. The normalized spacial score (nSPS) is 27.2. The molecule has 88 valence electrons. The molecule has 0 aromatic carbocycles. The fourth-order valence-corrected chi connectivity index (χ4v) is 2.77. The van der Waals surface area contributed by atoms with Gasteiger partial charge in [-0.15, -0.1) is 0 Å². The highest BCUT2D eigenvalue weighted by molar-refractivity contribution is 5.24. The summed E-state index contributed by atoms with van der Waals surface area (Å²) in [4.78, 5) is 0. The zero-order chi connectivity index (χ0) is 11.0. The van der Waals surface area contributed by atoms with Crippen LogP contribution in [0.25, 0.3) is 0 Å². The Kier molecular flexibility index (Phi) is 2.52. The zero-order valence-corrected chi connectivity index (χ0v) is 9.54. The molecule has 0 amide bonds. The van der Waals surface area contributed by atoms with Gasteiger partial charge in [-0.1, -0.05) is 0 Å². The smallest absolute Gasteiger partial charge is 0.108 e. The van der Waals surface area contributed by atoms with E-state index in [-0.39, 0.29) is 0 Å². The first-order valence-electron chi connectivity index (χ1n) is 6.29. The molecular formula is C13H19NO2. The van der Waals surface area contributed by atoms with E-state index < -0.39 is 5.60 Å². The Balaban J connectivity index is 1.64. The van der Waals surface area contributed by atoms with Gasteiger partial charge in [-0.3, -0.25) is 0 Å². The van der Waals surface area contributed by atoms with Gasteiger partial charge in [0.25, 0.3) is 0 Å². The predicted molar refractivity (Wildman–Crippen MR) is 61.2 cm³/mol. The highest BCUT2D eigenvalue weighted by atomic mass is 16.3. The van der Waals surface area contributed by atoms with Crippen molar-refractivity contribution in [2.24, 2.45) is 0 Å². The van der Waals surface area contributed by atoms with Gasteiger partial charge in [-0.2, -0.15) is 0 Å². The monoisotopic (exact) mass is 221 g/mol. The quantitative estimate of drug-likeness (QED) is 0.822. The minimum absolute atomic E-state index is 0.382. The van der Waals surface area contributed by atoms with Crippen LogP contribution >= 0.6 is 0 Å². The summed E-state index contributed by atoms with van der Waals surface area (Å²) >= 11 is 0. The van der Waals surface area contributed by atoms with E-state index in [1.54, 1.807) is 6.26 Å². The van der Waals surface area contributed by atoms with Crippen molar-refractivity contribution in [1.29, 1.82) is 0 Å². The summed E-state index contributed by atoms with van der Waals surface area (Å²) in [5.74, 6) is 1.13. The summed E-state index contributed by atoms with van der Waals surface area (Å²) in [5, 5.41) is 13.5. The van der Waals surface area contributed by atoms with E-state index in [1.807, 2.05) is 0 Å². The van der Waals surface area contributed by atoms with E-state index in [0.717, 1.165) is 38.0 Å². The van der Waals surface area contributed by atoms with Gasteiger partial charge in [-0.05, 0) is 38.2 Å². The van der Waals surface area contributed by atoms with Gasteiger partial charge < -0.3 is 14.8 Å². The van der Waals surface area contributed by atoms with Gasteiger partial charge in [0.1, 0.15) is 5.76 Å². The van der Waals surface area contributed by atoms with Crippen molar-refractivity contribution in [3.63, 3.8) is 0 Å². The second kappa shape index (κ2) is 3.90. The molecule has 3 rings (SSSR count). The van der Waals surface area contributed by atoms with Crippen LogP contribution in [0.15, 0.2) is 16.7 Å². The Hall–Kier alpha value is -0.800. The molecule has 0 saturated heterocycles. The van der Waals surface area contributed by atoms with E-state index >= 15 is 0 Å². The van der Waals surface area contributed by atoms with Crippen LogP contribution in [0, 0.1) is 0 Å². The van der Waals surface area contributed by atoms with Crippen LogP contribution in [0.5, 0.6) is 0 Å². The molecule has 1 atom stereocenters. The van der Waals surface area contributed by atoms with E-state index in [2.05, 4.69) is 11.4 Å². The van der Waals surface area contributed by atoms with Crippen LogP contribution in [0.1, 0.15) is 49.5 Å². The lowest BCUT2D eigenvalue weighted by molar-refractivity contribution is -0.0336. The van der Waals surface area contributed by atoms with Crippen molar-refractivity contribution >= 4 is 0 Å². The first-order chi connectivity index (χ1) is 7.77. The van der Waals surface area contributed by atoms with Crippen LogP contribution in [-0.4, -0.2) is 17.3 Å². The molecule has 1 heterocycles. The summed E-state index contributed by atoms with van der Waals surface area (Å²) in [6.45, 7) is 0.724. The molecule has 1 aromatic rings. The number of hydrogen-bond donors (Lipinski definition) is 2. The number of fused-ring (bicyclic) bond motifs is 1. The minimum atomic E-state index is -0.429. The number of furan rings is 1. The molecule has 3 nitrogen and oxygen atoms in total. The second-order valence-electron chi connectivity index (χ2n) is 5.20. The lowest BCUT2D eigenvalue weighted by atomic mass is 9.80. The van der Waals surface area contributed by atoms with Gasteiger partial charge in [0.15, 0.2) is 0 Å². The first-order valence-corrected chi connectivity index (χ1v) is 6.29. The lowest BCUT2D eigenvalue weighted by Gasteiger charge is -2.38. The second-order valence-corrected chi connectivity index (χ2v) is 5.20. The highest BCUT2D eigenvalue weighted by Crippen LogP contribution is 2.34. The number of nitrogens with one attached hydrogen (secondary N) is 1. The molecule has 0 aliphatic heterocycles. The Morgan fingerprint density at radius 3 is 3.06 bits per heavy atom. The molecule has 1 saturated carbocycles. The third kappa shape index (κ3) is 1.78. The Labute approximate surface area is 95.8 Å². The summed E-state index contributed by atoms with van der Waals surface area (Å²) in [5.41, 5.74) is 0.871. The molecule has 1 unspecified atom stereocenters. The highest BCUT2D eigenvalue weighted by Gasteiger charge is 2.35. The summed E-state index contributed by atoms with van der Waals surface area (Å²) in [7, 11) is 0. The van der Waals surface area contributed by atoms with E-state index in [1.165, 1.54) is 18.4 Å². The predicted octanol–water partition coefficient (Wildman–Crippen LogP) is 2.16. The van der Waals surface area contributed by atoms with E-state index in [4.69, 9.17) is 4.42 Å². The molecule has 2 N–H and O–H groups in total. The molecule has 3 heteroatoms. The van der Waals surface area contributed by atoms with Crippen molar-refractivity contribution in [3.8, 4) is 0 Å². The summed E-state index contributed by atoms with van der Waals surface area (Å²) in [6.07, 6.45) is 8.24. The van der Waals surface area contributed by atoms with Gasteiger partial charge in [0.05, 0.1) is 11.9 Å². The largest absolute Gasteiger partial charge is 0.469 e. The average Bonchev–Trinajstić information content (AvgIpc) is 2.72. The van der Waals surface area contributed by atoms with Crippen LogP contribution in [0.2, 0.25) is 0 Å². The van der Waals surface area contributed by atoms with Crippen LogP contribution < -0.4 is 5.32 Å². The first kappa shape index (κ1) is 10.4. The van der Waals surface area contributed by atoms with Crippen molar-refractivity contribution in [2.45, 2.75) is 50.2 Å². The minimum Gasteiger partial charge on any atom is -0.469 e. The van der Waals surface area contributed by atoms with Crippen molar-refractivity contribution in [1.82, 2.24) is 5.32 Å². The van der Waals surface area contributed by atoms with Crippen molar-refractivity contribution < 1.29 is 9.52 Å². The fourth-order valence-electron chi connectivity index (χ4n) is 2.77. The molecule has 16 heavy (non-hydrogen) atoms. The standard InChI is InChI=1S/C13H19NO2/c15-13(6-2-7-13)9-14-11-3-1-4-12-10(11)5-8-16-12/h5,8,11,14-15H,1-4,6-7,9H2. The maximum atomic E-state index is 10.1. The molecule has 2 aliphatic carbocycles. The third-order valence-electron chi connectivity index (χ3n) is 4.01. The number of aryl methyl sites for hydroxylation is 1. The molecule has 2 aliphatic rings. The molecule has 1 aromatic heterocycles. The Morgan fingerprint density at radius 1 is 1.44 bits per heavy atom. The van der Waals surface area contributed by atoms with E-state index in [0.29, 0.717) is 6.04 Å². The van der Waals surface area contributed by atoms with Crippen LogP contribution in [0.4, 0.5) is 0 Å².